The lowest BCUT2D eigenvalue weighted by Gasteiger charge is -2.14. The Bertz CT molecular complexity index is 588. The molecule has 0 saturated heterocycles. The molecule has 0 unspecified atom stereocenters. The van der Waals surface area contributed by atoms with Crippen LogP contribution in [0.5, 0.6) is 5.75 Å². The Labute approximate surface area is 114 Å². The zero-order valence-electron chi connectivity index (χ0n) is 11.7. The topological polar surface area (TPSA) is 22.1 Å². The zero-order chi connectivity index (χ0) is 13.8. The van der Waals surface area contributed by atoms with Gasteiger partial charge in [0.25, 0.3) is 0 Å². The largest absolute Gasteiger partial charge is 0.496 e. The van der Waals surface area contributed by atoms with Crippen molar-refractivity contribution >= 4 is 5.57 Å². The van der Waals surface area contributed by atoms with Gasteiger partial charge in [0.15, 0.2) is 0 Å². The molecule has 0 saturated carbocycles. The Balaban J connectivity index is 2.38. The molecular weight excluding hydrogens is 234 g/mol. The first-order chi connectivity index (χ1) is 9.11. The van der Waals surface area contributed by atoms with Crippen molar-refractivity contribution in [3.05, 3.63) is 65.5 Å². The number of ether oxygens (including phenoxy) is 1. The van der Waals surface area contributed by atoms with Crippen molar-refractivity contribution in [1.82, 2.24) is 4.98 Å². The standard InChI is InChI=1S/C17H19NO/c1-12(2)17-13(3)9-14(11-16(17)19-4)10-15-7-5-6-8-18-15/h5-9,11H,1,10H2,2-4H3. The van der Waals surface area contributed by atoms with E-state index in [-0.39, 0.29) is 0 Å². The van der Waals surface area contributed by atoms with Gasteiger partial charge in [0.05, 0.1) is 7.11 Å². The van der Waals surface area contributed by atoms with Crippen LogP contribution in [0.3, 0.4) is 0 Å². The minimum atomic E-state index is 0.814. The van der Waals surface area contributed by atoms with Crippen molar-refractivity contribution in [2.24, 2.45) is 0 Å². The van der Waals surface area contributed by atoms with Crippen LogP contribution in [-0.4, -0.2) is 12.1 Å². The Morgan fingerprint density at radius 1 is 1.32 bits per heavy atom. The van der Waals surface area contributed by atoms with E-state index in [4.69, 9.17) is 4.74 Å². The van der Waals surface area contributed by atoms with Crippen LogP contribution in [-0.2, 0) is 6.42 Å². The molecule has 2 rings (SSSR count). The van der Waals surface area contributed by atoms with Crippen LogP contribution in [0.2, 0.25) is 0 Å². The molecule has 0 fully saturated rings. The number of aromatic nitrogens is 1. The fourth-order valence-corrected chi connectivity index (χ4v) is 2.35. The fourth-order valence-electron chi connectivity index (χ4n) is 2.35. The molecule has 1 heterocycles. The van der Waals surface area contributed by atoms with Gasteiger partial charge in [0.2, 0.25) is 0 Å². The number of allylic oxidation sites excluding steroid dienone is 1. The number of aryl methyl sites for hydroxylation is 1. The van der Waals surface area contributed by atoms with Crippen LogP contribution in [0.15, 0.2) is 43.1 Å². The molecule has 0 aliphatic carbocycles. The number of pyridine rings is 1. The second-order valence-corrected chi connectivity index (χ2v) is 4.77. The van der Waals surface area contributed by atoms with E-state index < -0.39 is 0 Å². The molecule has 19 heavy (non-hydrogen) atoms. The Kier molecular flexibility index (Phi) is 4.00. The van der Waals surface area contributed by atoms with Gasteiger partial charge in [-0.05, 0) is 48.7 Å². The third kappa shape index (κ3) is 3.02. The summed E-state index contributed by atoms with van der Waals surface area (Å²) in [6.07, 6.45) is 2.64. The highest BCUT2D eigenvalue weighted by atomic mass is 16.5. The molecule has 0 amide bonds. The predicted molar refractivity (Wildman–Crippen MR) is 79.5 cm³/mol. The number of hydrogen-bond donors (Lipinski definition) is 0. The van der Waals surface area contributed by atoms with E-state index in [1.807, 2.05) is 31.3 Å². The smallest absolute Gasteiger partial charge is 0.126 e. The minimum absolute atomic E-state index is 0.814. The summed E-state index contributed by atoms with van der Waals surface area (Å²) in [5, 5.41) is 0. The summed E-state index contributed by atoms with van der Waals surface area (Å²) < 4.78 is 5.48. The van der Waals surface area contributed by atoms with Gasteiger partial charge in [-0.25, -0.2) is 0 Å². The molecule has 0 bridgehead atoms. The van der Waals surface area contributed by atoms with Gasteiger partial charge in [-0.3, -0.25) is 4.98 Å². The second kappa shape index (κ2) is 5.70. The van der Waals surface area contributed by atoms with Crippen molar-refractivity contribution in [3.8, 4) is 5.75 Å². The number of nitrogens with zero attached hydrogens (tertiary/aromatic N) is 1. The van der Waals surface area contributed by atoms with Crippen LogP contribution < -0.4 is 4.74 Å². The van der Waals surface area contributed by atoms with Crippen LogP contribution in [0.4, 0.5) is 0 Å². The molecular formula is C17H19NO. The van der Waals surface area contributed by atoms with Crippen molar-refractivity contribution < 1.29 is 4.74 Å². The van der Waals surface area contributed by atoms with E-state index in [2.05, 4.69) is 30.6 Å². The molecule has 1 aromatic carbocycles. The highest BCUT2D eigenvalue weighted by molar-refractivity contribution is 5.70. The van der Waals surface area contributed by atoms with Crippen LogP contribution >= 0.6 is 0 Å². The van der Waals surface area contributed by atoms with Crippen LogP contribution in [0.1, 0.15) is 29.3 Å². The van der Waals surface area contributed by atoms with Gasteiger partial charge in [-0.2, -0.15) is 0 Å². The first kappa shape index (κ1) is 13.3. The quantitative estimate of drug-likeness (QED) is 0.821. The zero-order valence-corrected chi connectivity index (χ0v) is 11.7. The molecule has 2 aromatic rings. The van der Waals surface area contributed by atoms with Crippen molar-refractivity contribution in [2.45, 2.75) is 20.3 Å². The molecule has 0 aliphatic heterocycles. The Morgan fingerprint density at radius 2 is 2.11 bits per heavy atom. The van der Waals surface area contributed by atoms with E-state index in [1.54, 1.807) is 7.11 Å². The number of rotatable bonds is 4. The summed E-state index contributed by atoms with van der Waals surface area (Å²) in [6.45, 7) is 8.11. The van der Waals surface area contributed by atoms with Crippen molar-refractivity contribution in [2.75, 3.05) is 7.11 Å². The number of benzene rings is 1. The van der Waals surface area contributed by atoms with Crippen LogP contribution in [0, 0.1) is 6.92 Å². The van der Waals surface area contributed by atoms with E-state index >= 15 is 0 Å². The maximum atomic E-state index is 5.48. The summed E-state index contributed by atoms with van der Waals surface area (Å²) in [5.74, 6) is 0.887. The summed E-state index contributed by atoms with van der Waals surface area (Å²) in [7, 11) is 1.70. The van der Waals surface area contributed by atoms with Gasteiger partial charge < -0.3 is 4.74 Å². The van der Waals surface area contributed by atoms with Crippen molar-refractivity contribution in [1.29, 1.82) is 0 Å². The normalized spacial score (nSPS) is 10.3. The molecule has 2 nitrogen and oxygen atoms in total. The van der Waals surface area contributed by atoms with Gasteiger partial charge >= 0.3 is 0 Å². The molecule has 98 valence electrons. The molecule has 0 spiro atoms. The van der Waals surface area contributed by atoms with E-state index in [0.29, 0.717) is 0 Å². The lowest BCUT2D eigenvalue weighted by molar-refractivity contribution is 0.412. The highest BCUT2D eigenvalue weighted by Gasteiger charge is 2.10. The summed E-state index contributed by atoms with van der Waals surface area (Å²) in [6, 6.07) is 10.2. The molecule has 0 N–H and O–H groups in total. The van der Waals surface area contributed by atoms with E-state index in [1.165, 1.54) is 11.1 Å². The summed E-state index contributed by atoms with van der Waals surface area (Å²) >= 11 is 0. The Morgan fingerprint density at radius 3 is 2.68 bits per heavy atom. The van der Waals surface area contributed by atoms with Gasteiger partial charge in [0.1, 0.15) is 5.75 Å². The van der Waals surface area contributed by atoms with Gasteiger partial charge in [-0.15, -0.1) is 0 Å². The maximum absolute atomic E-state index is 5.48. The van der Waals surface area contributed by atoms with Crippen LogP contribution in [0.25, 0.3) is 5.57 Å². The lowest BCUT2D eigenvalue weighted by Crippen LogP contribution is -1.98. The highest BCUT2D eigenvalue weighted by Crippen LogP contribution is 2.30. The molecule has 0 aliphatic rings. The third-order valence-electron chi connectivity index (χ3n) is 3.12. The lowest BCUT2D eigenvalue weighted by atomic mass is 9.97. The van der Waals surface area contributed by atoms with Gasteiger partial charge in [-0.1, -0.05) is 18.7 Å². The summed E-state index contributed by atoms with van der Waals surface area (Å²) in [4.78, 5) is 4.36. The summed E-state index contributed by atoms with van der Waals surface area (Å²) in [5.41, 5.74) is 5.59. The average molecular weight is 253 g/mol. The first-order valence-electron chi connectivity index (χ1n) is 6.35. The minimum Gasteiger partial charge on any atom is -0.496 e. The fraction of sp³-hybridized carbons (Fsp3) is 0.235. The SMILES string of the molecule is C=C(C)c1c(C)cc(Cc2ccccn2)cc1OC. The number of hydrogen-bond acceptors (Lipinski definition) is 2. The predicted octanol–water partition coefficient (Wildman–Crippen LogP) is 4.02. The van der Waals surface area contributed by atoms with E-state index in [9.17, 15) is 0 Å². The van der Waals surface area contributed by atoms with Gasteiger partial charge in [0, 0.05) is 23.9 Å². The second-order valence-electron chi connectivity index (χ2n) is 4.77. The van der Waals surface area contributed by atoms with Crippen molar-refractivity contribution in [3.63, 3.8) is 0 Å². The molecule has 0 radical (unpaired) electrons. The molecule has 2 heteroatoms. The first-order valence-corrected chi connectivity index (χ1v) is 6.35. The molecule has 0 atom stereocenters. The van der Waals surface area contributed by atoms with E-state index in [0.717, 1.165) is 29.0 Å². The number of methoxy groups -OCH3 is 1. The maximum Gasteiger partial charge on any atom is 0.126 e. The average Bonchev–Trinajstić information content (AvgIpc) is 2.38. The Hall–Kier alpha value is -2.09. The molecule has 1 aromatic heterocycles. The third-order valence-corrected chi connectivity index (χ3v) is 3.12. The monoisotopic (exact) mass is 253 g/mol.